The van der Waals surface area contributed by atoms with E-state index in [4.69, 9.17) is 10.8 Å². The SMILES string of the molecule is N[N+]12C=CN=CC1=C(C1=CC=C1)N=C2c1ccc(Cc2ccccc2)cc1. The Bertz CT molecular complexity index is 1080. The van der Waals surface area contributed by atoms with Crippen LogP contribution in [0.1, 0.15) is 16.7 Å². The molecule has 4 nitrogen and oxygen atoms in total. The third-order valence-electron chi connectivity index (χ3n) is 5.08. The fraction of sp³-hybridized carbons (Fsp3) is 0.0435. The average molecular weight is 351 g/mol. The molecule has 0 bridgehead atoms. The highest BCUT2D eigenvalue weighted by molar-refractivity contribution is 6.01. The normalized spacial score (nSPS) is 22.4. The molecule has 4 heteroatoms. The lowest BCUT2D eigenvalue weighted by Crippen LogP contribution is -2.53. The fourth-order valence-electron chi connectivity index (χ4n) is 3.54. The molecule has 0 spiro atoms. The summed E-state index contributed by atoms with van der Waals surface area (Å²) in [5.74, 6) is 7.54. The van der Waals surface area contributed by atoms with E-state index in [1.165, 1.54) is 11.1 Å². The monoisotopic (exact) mass is 351 g/mol. The van der Waals surface area contributed by atoms with E-state index in [0.29, 0.717) is 0 Å². The predicted molar refractivity (Wildman–Crippen MR) is 109 cm³/mol. The molecule has 0 saturated carbocycles. The second kappa shape index (κ2) is 6.13. The molecule has 1 atom stereocenters. The number of aliphatic imine (C=N–C) groups is 2. The van der Waals surface area contributed by atoms with Gasteiger partial charge in [0.05, 0.1) is 18.0 Å². The van der Waals surface area contributed by atoms with Gasteiger partial charge in [0.15, 0.2) is 0 Å². The minimum atomic E-state index is 0.0576. The van der Waals surface area contributed by atoms with Crippen LogP contribution in [0, 0.1) is 0 Å². The summed E-state index contributed by atoms with van der Waals surface area (Å²) in [5.41, 5.74) is 6.48. The molecule has 2 aliphatic heterocycles. The van der Waals surface area contributed by atoms with E-state index in [9.17, 15) is 0 Å². The Morgan fingerprint density at radius 1 is 0.926 bits per heavy atom. The van der Waals surface area contributed by atoms with Crippen molar-refractivity contribution in [3.8, 4) is 0 Å². The van der Waals surface area contributed by atoms with Crippen LogP contribution in [0.3, 0.4) is 0 Å². The maximum absolute atomic E-state index is 6.73. The van der Waals surface area contributed by atoms with Crippen LogP contribution in [-0.4, -0.2) is 16.6 Å². The lowest BCUT2D eigenvalue weighted by atomic mass is 10.0. The maximum Gasteiger partial charge on any atom is 0.265 e. The Morgan fingerprint density at radius 3 is 2.37 bits per heavy atom. The first-order valence-electron chi connectivity index (χ1n) is 8.98. The van der Waals surface area contributed by atoms with Gasteiger partial charge < -0.3 is 0 Å². The minimum Gasteiger partial charge on any atom is -0.253 e. The predicted octanol–water partition coefficient (Wildman–Crippen LogP) is 3.99. The molecule has 27 heavy (non-hydrogen) atoms. The van der Waals surface area contributed by atoms with Gasteiger partial charge in [-0.2, -0.15) is 10.8 Å². The largest absolute Gasteiger partial charge is 0.265 e. The number of fused-ring (bicyclic) bond motifs is 1. The fourth-order valence-corrected chi connectivity index (χ4v) is 3.54. The van der Waals surface area contributed by atoms with E-state index in [1.807, 2.05) is 36.7 Å². The molecule has 0 amide bonds. The molecular formula is C23H19N4+. The number of allylic oxidation sites excluding steroid dienone is 4. The van der Waals surface area contributed by atoms with Crippen LogP contribution in [0.2, 0.25) is 0 Å². The third kappa shape index (κ3) is 2.63. The van der Waals surface area contributed by atoms with Crippen molar-refractivity contribution in [1.82, 2.24) is 0 Å². The molecule has 0 saturated heterocycles. The summed E-state index contributed by atoms with van der Waals surface area (Å²) >= 11 is 0. The van der Waals surface area contributed by atoms with Crippen molar-refractivity contribution >= 4 is 12.1 Å². The number of rotatable bonds is 4. The van der Waals surface area contributed by atoms with Gasteiger partial charge in [0.25, 0.3) is 5.84 Å². The molecule has 0 aromatic heterocycles. The van der Waals surface area contributed by atoms with Crippen molar-refractivity contribution in [2.24, 2.45) is 15.8 Å². The summed E-state index contributed by atoms with van der Waals surface area (Å²) in [5, 5.41) is 0. The van der Waals surface area contributed by atoms with Crippen LogP contribution in [0.25, 0.3) is 0 Å². The van der Waals surface area contributed by atoms with Gasteiger partial charge in [0.2, 0.25) is 5.70 Å². The summed E-state index contributed by atoms with van der Waals surface area (Å²) in [7, 11) is 0. The quantitative estimate of drug-likeness (QED) is 0.657. The van der Waals surface area contributed by atoms with E-state index in [2.05, 4.69) is 53.5 Å². The molecular weight excluding hydrogens is 332 g/mol. The molecule has 1 aliphatic carbocycles. The van der Waals surface area contributed by atoms with Gasteiger partial charge >= 0.3 is 0 Å². The number of hydrogen-bond donors (Lipinski definition) is 1. The summed E-state index contributed by atoms with van der Waals surface area (Å²) in [6.45, 7) is 0. The smallest absolute Gasteiger partial charge is 0.253 e. The third-order valence-corrected chi connectivity index (χ3v) is 5.08. The number of amidine groups is 1. The zero-order valence-corrected chi connectivity index (χ0v) is 14.8. The summed E-state index contributed by atoms with van der Waals surface area (Å²) in [6, 6.07) is 19.0. The van der Waals surface area contributed by atoms with E-state index < -0.39 is 0 Å². The van der Waals surface area contributed by atoms with Crippen molar-refractivity contribution in [1.29, 1.82) is 0 Å². The zero-order chi connectivity index (χ0) is 18.3. The number of nitrogens with zero attached hydrogens (tertiary/aromatic N) is 3. The Morgan fingerprint density at radius 2 is 1.67 bits per heavy atom. The molecule has 2 N–H and O–H groups in total. The van der Waals surface area contributed by atoms with E-state index in [1.54, 1.807) is 6.20 Å². The van der Waals surface area contributed by atoms with Crippen LogP contribution >= 0.6 is 0 Å². The van der Waals surface area contributed by atoms with Gasteiger partial charge in [0, 0.05) is 5.57 Å². The van der Waals surface area contributed by atoms with Crippen LogP contribution in [0.5, 0.6) is 0 Å². The number of nitrogens with two attached hydrogens (primary N) is 1. The molecule has 2 aromatic rings. The second-order valence-electron chi connectivity index (χ2n) is 6.86. The minimum absolute atomic E-state index is 0.0576. The summed E-state index contributed by atoms with van der Waals surface area (Å²) in [6.07, 6.45) is 12.4. The van der Waals surface area contributed by atoms with Crippen LogP contribution in [0.4, 0.5) is 0 Å². The highest BCUT2D eigenvalue weighted by Gasteiger charge is 2.44. The second-order valence-corrected chi connectivity index (χ2v) is 6.86. The summed E-state index contributed by atoms with van der Waals surface area (Å²) in [4.78, 5) is 9.15. The molecule has 130 valence electrons. The first-order chi connectivity index (χ1) is 13.2. The van der Waals surface area contributed by atoms with Crippen molar-refractivity contribution in [3.05, 3.63) is 119 Å². The highest BCUT2D eigenvalue weighted by Crippen LogP contribution is 2.36. The Hall–Kier alpha value is -3.34. The van der Waals surface area contributed by atoms with Crippen molar-refractivity contribution in [2.45, 2.75) is 6.42 Å². The van der Waals surface area contributed by atoms with Crippen LogP contribution in [0.15, 0.2) is 112 Å². The molecule has 2 aromatic carbocycles. The maximum atomic E-state index is 6.73. The van der Waals surface area contributed by atoms with E-state index in [0.717, 1.165) is 34.8 Å². The zero-order valence-electron chi connectivity index (χ0n) is 14.8. The Kier molecular flexibility index (Phi) is 3.60. The van der Waals surface area contributed by atoms with Crippen LogP contribution < -0.4 is 5.84 Å². The number of quaternary nitrogens is 1. The Labute approximate surface area is 158 Å². The standard InChI is InChI=1S/C23H19N4/c24-27-14-13-25-16-21(27)22(19-7-4-8-19)26-23(27)20-11-9-18(10-12-20)15-17-5-2-1-3-6-17/h1-14,16H,15,24H2/q+1. The van der Waals surface area contributed by atoms with Gasteiger partial charge in [0.1, 0.15) is 11.9 Å². The topological polar surface area (TPSA) is 50.7 Å². The van der Waals surface area contributed by atoms with Crippen molar-refractivity contribution in [2.75, 3.05) is 0 Å². The van der Waals surface area contributed by atoms with Gasteiger partial charge in [-0.25, -0.2) is 0 Å². The Balaban J connectivity index is 1.48. The highest BCUT2D eigenvalue weighted by atomic mass is 15.6. The lowest BCUT2D eigenvalue weighted by Gasteiger charge is -2.26. The van der Waals surface area contributed by atoms with Gasteiger partial charge in [-0.05, 0) is 29.7 Å². The van der Waals surface area contributed by atoms with E-state index in [-0.39, 0.29) is 4.59 Å². The molecule has 0 radical (unpaired) electrons. The van der Waals surface area contributed by atoms with Gasteiger partial charge in [-0.15, -0.1) is 4.59 Å². The number of benzene rings is 2. The van der Waals surface area contributed by atoms with Crippen molar-refractivity contribution < 1.29 is 4.59 Å². The average Bonchev–Trinajstić information content (AvgIpc) is 2.95. The molecule has 3 aliphatic rings. The molecule has 5 rings (SSSR count). The first-order valence-corrected chi connectivity index (χ1v) is 8.98. The van der Waals surface area contributed by atoms with Crippen molar-refractivity contribution in [3.63, 3.8) is 0 Å². The van der Waals surface area contributed by atoms with Crippen LogP contribution in [-0.2, 0) is 6.42 Å². The lowest BCUT2D eigenvalue weighted by molar-refractivity contribution is -0.750. The number of hydrogen-bond acceptors (Lipinski definition) is 3. The molecule has 2 heterocycles. The first kappa shape index (κ1) is 15.9. The van der Waals surface area contributed by atoms with Gasteiger partial charge in [-0.1, -0.05) is 60.7 Å². The van der Waals surface area contributed by atoms with Gasteiger partial charge in [-0.3, -0.25) is 4.99 Å². The summed E-state index contributed by atoms with van der Waals surface area (Å²) < 4.78 is 0.0576. The van der Waals surface area contributed by atoms with E-state index >= 15 is 0 Å². The molecule has 0 fully saturated rings. The molecule has 1 unspecified atom stereocenters.